The Hall–Kier alpha value is -0.0800. The SMILES string of the molecule is CCCN(CCC)CC[C@@H]1CCCCN1. The summed E-state index contributed by atoms with van der Waals surface area (Å²) >= 11 is 0. The van der Waals surface area contributed by atoms with Crippen LogP contribution in [-0.2, 0) is 0 Å². The highest BCUT2D eigenvalue weighted by Crippen LogP contribution is 2.10. The second kappa shape index (κ2) is 8.12. The first-order valence-electron chi connectivity index (χ1n) is 6.82. The molecule has 0 spiro atoms. The van der Waals surface area contributed by atoms with Crippen LogP contribution in [0.15, 0.2) is 0 Å². The van der Waals surface area contributed by atoms with Crippen molar-refractivity contribution in [1.29, 1.82) is 0 Å². The topological polar surface area (TPSA) is 15.3 Å². The first-order valence-corrected chi connectivity index (χ1v) is 6.82. The predicted molar refractivity (Wildman–Crippen MR) is 67.3 cm³/mol. The Labute approximate surface area is 95.4 Å². The molecule has 0 amide bonds. The molecule has 1 fully saturated rings. The van der Waals surface area contributed by atoms with Crippen molar-refractivity contribution in [3.8, 4) is 0 Å². The highest BCUT2D eigenvalue weighted by molar-refractivity contribution is 4.73. The standard InChI is InChI=1S/C13H28N2/c1-3-10-15(11-4-2)12-8-13-7-5-6-9-14-13/h13-14H,3-12H2,1-2H3/t13-/m0/s1. The van der Waals surface area contributed by atoms with Gasteiger partial charge in [0.25, 0.3) is 0 Å². The van der Waals surface area contributed by atoms with Gasteiger partial charge >= 0.3 is 0 Å². The van der Waals surface area contributed by atoms with Gasteiger partial charge in [-0.15, -0.1) is 0 Å². The molecular formula is C13H28N2. The molecule has 1 heterocycles. The van der Waals surface area contributed by atoms with Crippen LogP contribution in [0.2, 0.25) is 0 Å². The van der Waals surface area contributed by atoms with Gasteiger partial charge in [-0.3, -0.25) is 0 Å². The van der Waals surface area contributed by atoms with Crippen LogP contribution < -0.4 is 5.32 Å². The van der Waals surface area contributed by atoms with Gasteiger partial charge in [0.2, 0.25) is 0 Å². The fourth-order valence-corrected chi connectivity index (χ4v) is 2.48. The molecule has 0 aromatic carbocycles. The smallest absolute Gasteiger partial charge is 0.00792 e. The lowest BCUT2D eigenvalue weighted by atomic mass is 10.0. The zero-order valence-electron chi connectivity index (χ0n) is 10.6. The van der Waals surface area contributed by atoms with E-state index < -0.39 is 0 Å². The molecule has 0 bridgehead atoms. The Morgan fingerprint density at radius 1 is 1.07 bits per heavy atom. The van der Waals surface area contributed by atoms with E-state index in [1.165, 1.54) is 64.7 Å². The van der Waals surface area contributed by atoms with Crippen molar-refractivity contribution in [2.45, 2.75) is 58.4 Å². The molecule has 1 rings (SSSR count). The number of hydrogen-bond donors (Lipinski definition) is 1. The van der Waals surface area contributed by atoms with E-state index in [4.69, 9.17) is 0 Å². The minimum absolute atomic E-state index is 0.801. The van der Waals surface area contributed by atoms with Crippen molar-refractivity contribution in [2.24, 2.45) is 0 Å². The van der Waals surface area contributed by atoms with Gasteiger partial charge in [0.15, 0.2) is 0 Å². The van der Waals surface area contributed by atoms with E-state index in [-0.39, 0.29) is 0 Å². The van der Waals surface area contributed by atoms with Gasteiger partial charge in [0.1, 0.15) is 0 Å². The van der Waals surface area contributed by atoms with Gasteiger partial charge in [-0.2, -0.15) is 0 Å². The second-order valence-electron chi connectivity index (χ2n) is 4.78. The van der Waals surface area contributed by atoms with Crippen LogP contribution in [0.3, 0.4) is 0 Å². The minimum atomic E-state index is 0.801. The Morgan fingerprint density at radius 2 is 1.80 bits per heavy atom. The van der Waals surface area contributed by atoms with Crippen molar-refractivity contribution >= 4 is 0 Å². The van der Waals surface area contributed by atoms with Gasteiger partial charge in [-0.1, -0.05) is 20.3 Å². The molecule has 0 aromatic rings. The van der Waals surface area contributed by atoms with Crippen LogP contribution in [0.25, 0.3) is 0 Å². The minimum Gasteiger partial charge on any atom is -0.314 e. The van der Waals surface area contributed by atoms with Gasteiger partial charge < -0.3 is 10.2 Å². The normalized spacial score (nSPS) is 22.2. The highest BCUT2D eigenvalue weighted by atomic mass is 15.1. The molecule has 15 heavy (non-hydrogen) atoms. The first-order chi connectivity index (χ1) is 7.36. The zero-order valence-corrected chi connectivity index (χ0v) is 10.6. The van der Waals surface area contributed by atoms with Gasteiger partial charge in [-0.25, -0.2) is 0 Å². The molecule has 0 aliphatic carbocycles. The largest absolute Gasteiger partial charge is 0.314 e. The van der Waals surface area contributed by atoms with E-state index in [2.05, 4.69) is 24.1 Å². The summed E-state index contributed by atoms with van der Waals surface area (Å²) in [6.07, 6.45) is 8.13. The summed E-state index contributed by atoms with van der Waals surface area (Å²) in [7, 11) is 0. The molecular weight excluding hydrogens is 184 g/mol. The van der Waals surface area contributed by atoms with Crippen LogP contribution in [0.5, 0.6) is 0 Å². The summed E-state index contributed by atoms with van der Waals surface area (Å²) < 4.78 is 0. The molecule has 1 N–H and O–H groups in total. The maximum absolute atomic E-state index is 3.63. The lowest BCUT2D eigenvalue weighted by molar-refractivity contribution is 0.247. The van der Waals surface area contributed by atoms with Crippen LogP contribution in [0.1, 0.15) is 52.4 Å². The van der Waals surface area contributed by atoms with Crippen molar-refractivity contribution in [1.82, 2.24) is 10.2 Å². The summed E-state index contributed by atoms with van der Waals surface area (Å²) in [5.41, 5.74) is 0. The summed E-state index contributed by atoms with van der Waals surface area (Å²) in [5.74, 6) is 0. The lowest BCUT2D eigenvalue weighted by Crippen LogP contribution is -2.37. The van der Waals surface area contributed by atoms with Crippen molar-refractivity contribution in [2.75, 3.05) is 26.2 Å². The van der Waals surface area contributed by atoms with Gasteiger partial charge in [-0.05, 0) is 58.3 Å². The molecule has 90 valence electrons. The number of nitrogens with zero attached hydrogens (tertiary/aromatic N) is 1. The molecule has 0 unspecified atom stereocenters. The van der Waals surface area contributed by atoms with E-state index >= 15 is 0 Å². The Morgan fingerprint density at radius 3 is 2.33 bits per heavy atom. The number of hydrogen-bond acceptors (Lipinski definition) is 2. The number of piperidine rings is 1. The summed E-state index contributed by atoms with van der Waals surface area (Å²) in [6.45, 7) is 9.65. The van der Waals surface area contributed by atoms with Crippen molar-refractivity contribution in [3.05, 3.63) is 0 Å². The molecule has 1 saturated heterocycles. The monoisotopic (exact) mass is 212 g/mol. The van der Waals surface area contributed by atoms with E-state index in [9.17, 15) is 0 Å². The van der Waals surface area contributed by atoms with Gasteiger partial charge in [0.05, 0.1) is 0 Å². The number of rotatable bonds is 7. The summed E-state index contributed by atoms with van der Waals surface area (Å²) in [5, 5.41) is 3.63. The third kappa shape index (κ3) is 5.53. The molecule has 2 nitrogen and oxygen atoms in total. The molecule has 1 aliphatic rings. The second-order valence-corrected chi connectivity index (χ2v) is 4.78. The van der Waals surface area contributed by atoms with Crippen molar-refractivity contribution < 1.29 is 0 Å². The van der Waals surface area contributed by atoms with Crippen LogP contribution in [0.4, 0.5) is 0 Å². The fraction of sp³-hybridized carbons (Fsp3) is 1.00. The first kappa shape index (κ1) is 13.0. The predicted octanol–water partition coefficient (Wildman–Crippen LogP) is 2.64. The third-order valence-electron chi connectivity index (χ3n) is 3.29. The average Bonchev–Trinajstić information content (AvgIpc) is 2.28. The van der Waals surface area contributed by atoms with Crippen molar-refractivity contribution in [3.63, 3.8) is 0 Å². The Bertz CT molecular complexity index is 135. The van der Waals surface area contributed by atoms with Crippen LogP contribution >= 0.6 is 0 Å². The molecule has 0 radical (unpaired) electrons. The van der Waals surface area contributed by atoms with E-state index in [1.807, 2.05) is 0 Å². The average molecular weight is 212 g/mol. The maximum Gasteiger partial charge on any atom is 0.00792 e. The van der Waals surface area contributed by atoms with E-state index in [1.54, 1.807) is 0 Å². The number of nitrogens with one attached hydrogen (secondary N) is 1. The van der Waals surface area contributed by atoms with Crippen LogP contribution in [-0.4, -0.2) is 37.1 Å². The summed E-state index contributed by atoms with van der Waals surface area (Å²) in [4.78, 5) is 2.62. The Kier molecular flexibility index (Phi) is 7.03. The lowest BCUT2D eigenvalue weighted by Gasteiger charge is -2.27. The molecule has 1 aliphatic heterocycles. The Balaban J connectivity index is 2.13. The third-order valence-corrected chi connectivity index (χ3v) is 3.29. The highest BCUT2D eigenvalue weighted by Gasteiger charge is 2.13. The maximum atomic E-state index is 3.63. The molecule has 2 heteroatoms. The van der Waals surface area contributed by atoms with Gasteiger partial charge in [0, 0.05) is 6.04 Å². The quantitative estimate of drug-likeness (QED) is 0.698. The van der Waals surface area contributed by atoms with E-state index in [0.717, 1.165) is 6.04 Å². The molecule has 0 aromatic heterocycles. The molecule has 0 saturated carbocycles. The fourth-order valence-electron chi connectivity index (χ4n) is 2.48. The zero-order chi connectivity index (χ0) is 10.9. The molecule has 1 atom stereocenters. The van der Waals surface area contributed by atoms with E-state index in [0.29, 0.717) is 0 Å². The van der Waals surface area contributed by atoms with Crippen LogP contribution in [0, 0.1) is 0 Å². The summed E-state index contributed by atoms with van der Waals surface area (Å²) in [6, 6.07) is 0.801.